The van der Waals surface area contributed by atoms with Gasteiger partial charge in [-0.25, -0.2) is 12.7 Å². The molecule has 0 aromatic heterocycles. The number of nitrogens with one attached hydrogen (secondary N) is 2. The fourth-order valence-corrected chi connectivity index (χ4v) is 2.83. The van der Waals surface area contributed by atoms with Crippen molar-refractivity contribution in [2.75, 3.05) is 32.9 Å². The second-order valence-corrected chi connectivity index (χ2v) is 7.12. The van der Waals surface area contributed by atoms with Gasteiger partial charge in [-0.1, -0.05) is 6.92 Å². The van der Waals surface area contributed by atoms with Crippen LogP contribution in [0.3, 0.4) is 0 Å². The van der Waals surface area contributed by atoms with E-state index in [4.69, 9.17) is 0 Å². The second-order valence-electron chi connectivity index (χ2n) is 4.82. The molecular formula is C11H23N3O3S. The molecule has 0 bridgehead atoms. The zero-order valence-corrected chi connectivity index (χ0v) is 12.1. The molecule has 1 aliphatic heterocycles. The summed E-state index contributed by atoms with van der Waals surface area (Å²) < 4.78 is 24.3. The van der Waals surface area contributed by atoms with Crippen LogP contribution in [0.5, 0.6) is 0 Å². The molecule has 1 fully saturated rings. The van der Waals surface area contributed by atoms with Gasteiger partial charge in [0.05, 0.1) is 11.3 Å². The van der Waals surface area contributed by atoms with Crippen LogP contribution in [0, 0.1) is 0 Å². The predicted octanol–water partition coefficient (Wildman–Crippen LogP) is -0.474. The maximum absolute atomic E-state index is 12.1. The minimum absolute atomic E-state index is 0.0640. The van der Waals surface area contributed by atoms with Crippen LogP contribution in [0.1, 0.15) is 26.2 Å². The van der Waals surface area contributed by atoms with Crippen LogP contribution in [0.15, 0.2) is 0 Å². The van der Waals surface area contributed by atoms with Gasteiger partial charge in [0.1, 0.15) is 0 Å². The molecule has 0 spiro atoms. The third-order valence-corrected chi connectivity index (χ3v) is 5.32. The van der Waals surface area contributed by atoms with Crippen molar-refractivity contribution in [2.45, 2.75) is 31.7 Å². The Labute approximate surface area is 109 Å². The molecule has 0 radical (unpaired) electrons. The van der Waals surface area contributed by atoms with Gasteiger partial charge in [-0.05, 0) is 25.8 Å². The first kappa shape index (κ1) is 15.4. The van der Waals surface area contributed by atoms with Gasteiger partial charge in [-0.2, -0.15) is 0 Å². The molecule has 6 nitrogen and oxygen atoms in total. The topological polar surface area (TPSA) is 78.5 Å². The van der Waals surface area contributed by atoms with Gasteiger partial charge in [-0.15, -0.1) is 0 Å². The average Bonchev–Trinajstić information content (AvgIpc) is 2.78. The Balaban J connectivity index is 2.47. The number of carbonyl (C=O) groups excluding carboxylic acids is 1. The third-order valence-electron chi connectivity index (χ3n) is 3.48. The van der Waals surface area contributed by atoms with Gasteiger partial charge < -0.3 is 10.6 Å². The number of rotatable bonds is 6. The fourth-order valence-electron chi connectivity index (χ4n) is 2.11. The van der Waals surface area contributed by atoms with E-state index in [0.29, 0.717) is 0 Å². The van der Waals surface area contributed by atoms with Crippen molar-refractivity contribution >= 4 is 15.9 Å². The van der Waals surface area contributed by atoms with E-state index in [-0.39, 0.29) is 18.2 Å². The molecule has 1 heterocycles. The predicted molar refractivity (Wildman–Crippen MR) is 70.7 cm³/mol. The van der Waals surface area contributed by atoms with Crippen molar-refractivity contribution in [1.82, 2.24) is 14.9 Å². The highest BCUT2D eigenvalue weighted by atomic mass is 32.2. The van der Waals surface area contributed by atoms with Gasteiger partial charge in [0.2, 0.25) is 15.9 Å². The first-order valence-electron chi connectivity index (χ1n) is 6.27. The van der Waals surface area contributed by atoms with E-state index in [9.17, 15) is 13.2 Å². The lowest BCUT2D eigenvalue weighted by Crippen LogP contribution is -2.53. The summed E-state index contributed by atoms with van der Waals surface area (Å²) in [4.78, 5) is 12.1. The molecule has 1 saturated heterocycles. The zero-order valence-electron chi connectivity index (χ0n) is 11.3. The van der Waals surface area contributed by atoms with E-state index in [1.807, 2.05) is 6.92 Å². The van der Waals surface area contributed by atoms with Crippen LogP contribution in [-0.4, -0.2) is 57.1 Å². The van der Waals surface area contributed by atoms with E-state index in [1.165, 1.54) is 18.4 Å². The number of nitrogens with zero attached hydrogens (tertiary/aromatic N) is 1. The average molecular weight is 277 g/mol. The molecule has 0 aromatic carbocycles. The maximum atomic E-state index is 12.1. The Kier molecular flexibility index (Phi) is 5.12. The minimum atomic E-state index is -3.25. The lowest BCUT2D eigenvalue weighted by Gasteiger charge is -2.26. The lowest BCUT2D eigenvalue weighted by atomic mass is 9.93. The first-order chi connectivity index (χ1) is 8.34. The van der Waals surface area contributed by atoms with Crippen LogP contribution in [0.2, 0.25) is 0 Å². The van der Waals surface area contributed by atoms with Crippen LogP contribution in [0.25, 0.3) is 0 Å². The largest absolute Gasteiger partial charge is 0.353 e. The molecule has 2 N–H and O–H groups in total. The SMILES string of the molecule is CCC1(C(=O)NCCS(=O)(=O)N(C)C)CCCN1. The molecular weight excluding hydrogens is 254 g/mol. The maximum Gasteiger partial charge on any atom is 0.240 e. The summed E-state index contributed by atoms with van der Waals surface area (Å²) in [5.41, 5.74) is -0.498. The van der Waals surface area contributed by atoms with Gasteiger partial charge in [-0.3, -0.25) is 4.79 Å². The van der Waals surface area contributed by atoms with E-state index >= 15 is 0 Å². The van der Waals surface area contributed by atoms with Crippen molar-refractivity contribution < 1.29 is 13.2 Å². The van der Waals surface area contributed by atoms with Gasteiger partial charge in [0, 0.05) is 20.6 Å². The molecule has 1 rings (SSSR count). The summed E-state index contributed by atoms with van der Waals surface area (Å²) >= 11 is 0. The van der Waals surface area contributed by atoms with Gasteiger partial charge in [0.15, 0.2) is 0 Å². The molecule has 1 amide bonds. The Morgan fingerprint density at radius 3 is 2.56 bits per heavy atom. The Hall–Kier alpha value is -0.660. The monoisotopic (exact) mass is 277 g/mol. The number of hydrogen-bond donors (Lipinski definition) is 2. The Morgan fingerprint density at radius 1 is 1.44 bits per heavy atom. The summed E-state index contributed by atoms with van der Waals surface area (Å²) in [6.45, 7) is 2.97. The van der Waals surface area contributed by atoms with Crippen molar-refractivity contribution in [1.29, 1.82) is 0 Å². The highest BCUT2D eigenvalue weighted by Crippen LogP contribution is 2.22. The molecule has 1 aliphatic rings. The highest BCUT2D eigenvalue weighted by molar-refractivity contribution is 7.89. The Bertz CT molecular complexity index is 386. The molecule has 0 aromatic rings. The van der Waals surface area contributed by atoms with Crippen LogP contribution < -0.4 is 10.6 Å². The fraction of sp³-hybridized carbons (Fsp3) is 0.909. The number of amides is 1. The standard InChI is InChI=1S/C11H23N3O3S/c1-4-11(6-5-7-13-11)10(15)12-8-9-18(16,17)14(2)3/h13H,4-9H2,1-3H3,(H,12,15). The van der Waals surface area contributed by atoms with E-state index in [1.54, 1.807) is 0 Å². The summed E-state index contributed by atoms with van der Waals surface area (Å²) in [6.07, 6.45) is 2.52. The molecule has 0 saturated carbocycles. The van der Waals surface area contributed by atoms with Gasteiger partial charge >= 0.3 is 0 Å². The molecule has 0 aliphatic carbocycles. The molecule has 1 atom stereocenters. The van der Waals surface area contributed by atoms with Crippen molar-refractivity contribution in [3.05, 3.63) is 0 Å². The Morgan fingerprint density at radius 2 is 2.11 bits per heavy atom. The van der Waals surface area contributed by atoms with Gasteiger partial charge in [0.25, 0.3) is 0 Å². The van der Waals surface area contributed by atoms with E-state index < -0.39 is 15.6 Å². The minimum Gasteiger partial charge on any atom is -0.353 e. The van der Waals surface area contributed by atoms with Crippen molar-refractivity contribution in [3.8, 4) is 0 Å². The smallest absolute Gasteiger partial charge is 0.240 e. The molecule has 18 heavy (non-hydrogen) atoms. The first-order valence-corrected chi connectivity index (χ1v) is 7.88. The lowest BCUT2D eigenvalue weighted by molar-refractivity contribution is -0.127. The van der Waals surface area contributed by atoms with Crippen LogP contribution in [-0.2, 0) is 14.8 Å². The third kappa shape index (κ3) is 3.43. The van der Waals surface area contributed by atoms with Crippen molar-refractivity contribution in [3.63, 3.8) is 0 Å². The normalized spacial score (nSPS) is 24.4. The number of hydrogen-bond acceptors (Lipinski definition) is 4. The number of carbonyl (C=O) groups is 1. The summed E-state index contributed by atoms with van der Waals surface area (Å²) in [5.74, 6) is -0.151. The quantitative estimate of drug-likeness (QED) is 0.688. The zero-order chi connectivity index (χ0) is 13.8. The van der Waals surface area contributed by atoms with Crippen LogP contribution in [0.4, 0.5) is 0 Å². The van der Waals surface area contributed by atoms with E-state index in [0.717, 1.165) is 25.8 Å². The summed E-state index contributed by atoms with van der Waals surface area (Å²) in [6, 6.07) is 0. The van der Waals surface area contributed by atoms with E-state index in [2.05, 4.69) is 10.6 Å². The number of sulfonamides is 1. The van der Waals surface area contributed by atoms with Crippen molar-refractivity contribution in [2.24, 2.45) is 0 Å². The molecule has 7 heteroatoms. The summed E-state index contributed by atoms with van der Waals surface area (Å²) in [5, 5.41) is 5.94. The van der Waals surface area contributed by atoms with Crippen LogP contribution >= 0.6 is 0 Å². The summed E-state index contributed by atoms with van der Waals surface area (Å²) in [7, 11) is -0.267. The second kappa shape index (κ2) is 5.99. The highest BCUT2D eigenvalue weighted by Gasteiger charge is 2.38. The molecule has 106 valence electrons. The molecule has 1 unspecified atom stereocenters.